The number of nitrogens with zero attached hydrogens (tertiary/aromatic N) is 5. The number of aliphatic hydroxyl groups excluding tert-OH is 2. The predicted molar refractivity (Wildman–Crippen MR) is 146 cm³/mol. The van der Waals surface area contributed by atoms with Gasteiger partial charge in [0.1, 0.15) is 0 Å². The van der Waals surface area contributed by atoms with E-state index < -0.39 is 0 Å². The molecule has 2 aromatic rings. The van der Waals surface area contributed by atoms with Crippen LogP contribution in [-0.4, -0.2) is 92.4 Å². The molecule has 3 aliphatic rings. The molecule has 2 N–H and O–H groups in total. The van der Waals surface area contributed by atoms with E-state index in [1.165, 1.54) is 22.5 Å². The van der Waals surface area contributed by atoms with Crippen molar-refractivity contribution in [3.8, 4) is 0 Å². The maximum Gasteiger partial charge on any atom is 0.0673 e. The number of β-amino-alcohol motifs (C(OH)–C–C–N with tert-alkyl or cyclic N) is 1. The lowest BCUT2D eigenvalue weighted by atomic mass is 9.96. The smallest absolute Gasteiger partial charge is 0.0673 e. The zero-order chi connectivity index (χ0) is 25.9. The van der Waals surface area contributed by atoms with Crippen LogP contribution in [0, 0.1) is 0 Å². The first kappa shape index (κ1) is 26.7. The van der Waals surface area contributed by atoms with Gasteiger partial charge in [0.15, 0.2) is 0 Å². The van der Waals surface area contributed by atoms with Crippen molar-refractivity contribution in [2.24, 2.45) is 0 Å². The standard InChI is InChI=1S/C30H45N5O2/c1-21(2)28-7-5-24-17-35(13-10-30(24)32-28)25-18-34(19-25)20-27(37)14-22(3)29-6-4-23(15-31-29)16-33-11-8-26(36)9-12-33/h4-7,15,21-22,25-27,36-37H,8-14,16-20H2,1-3H3. The normalized spacial score (nSPS) is 22.1. The largest absolute Gasteiger partial charge is 0.393 e. The summed E-state index contributed by atoms with van der Waals surface area (Å²) in [7, 11) is 0. The maximum atomic E-state index is 10.8. The molecule has 5 heterocycles. The first-order valence-corrected chi connectivity index (χ1v) is 14.3. The summed E-state index contributed by atoms with van der Waals surface area (Å²) in [4.78, 5) is 17.0. The van der Waals surface area contributed by atoms with Gasteiger partial charge in [0.2, 0.25) is 0 Å². The Hall–Kier alpha value is -1.90. The Kier molecular flexibility index (Phi) is 8.57. The van der Waals surface area contributed by atoms with Crippen molar-refractivity contribution < 1.29 is 10.2 Å². The number of likely N-dealkylation sites (tertiary alicyclic amines) is 2. The van der Waals surface area contributed by atoms with Crippen LogP contribution in [0.15, 0.2) is 30.5 Å². The molecule has 2 fully saturated rings. The molecule has 2 atom stereocenters. The Morgan fingerprint density at radius 3 is 2.43 bits per heavy atom. The second kappa shape index (κ2) is 11.9. The van der Waals surface area contributed by atoms with Crippen LogP contribution in [0.2, 0.25) is 0 Å². The highest BCUT2D eigenvalue weighted by Gasteiger charge is 2.34. The summed E-state index contributed by atoms with van der Waals surface area (Å²) < 4.78 is 0. The Morgan fingerprint density at radius 1 is 0.973 bits per heavy atom. The predicted octanol–water partition coefficient (Wildman–Crippen LogP) is 3.15. The number of pyridine rings is 2. The van der Waals surface area contributed by atoms with Gasteiger partial charge in [-0.1, -0.05) is 32.9 Å². The van der Waals surface area contributed by atoms with Gasteiger partial charge >= 0.3 is 0 Å². The lowest BCUT2D eigenvalue weighted by Gasteiger charge is -2.47. The second-order valence-electron chi connectivity index (χ2n) is 12.0. The number of piperidine rings is 1. The Balaban J connectivity index is 1.03. The summed E-state index contributed by atoms with van der Waals surface area (Å²) in [5.74, 6) is 0.710. The molecule has 0 spiro atoms. The van der Waals surface area contributed by atoms with Crippen LogP contribution in [-0.2, 0) is 19.5 Å². The average Bonchev–Trinajstić information content (AvgIpc) is 2.87. The lowest BCUT2D eigenvalue weighted by Crippen LogP contribution is -2.61. The molecule has 2 unspecified atom stereocenters. The van der Waals surface area contributed by atoms with Crippen LogP contribution >= 0.6 is 0 Å². The van der Waals surface area contributed by atoms with E-state index in [-0.39, 0.29) is 18.1 Å². The van der Waals surface area contributed by atoms with Gasteiger partial charge in [-0.3, -0.25) is 24.7 Å². The first-order chi connectivity index (χ1) is 17.8. The van der Waals surface area contributed by atoms with E-state index in [4.69, 9.17) is 9.97 Å². The third-order valence-corrected chi connectivity index (χ3v) is 8.56. The molecule has 3 aliphatic heterocycles. The van der Waals surface area contributed by atoms with Crippen molar-refractivity contribution in [3.05, 3.63) is 58.7 Å². The molecule has 0 amide bonds. The summed E-state index contributed by atoms with van der Waals surface area (Å²) in [5.41, 5.74) is 6.15. The third kappa shape index (κ3) is 6.76. The molecular weight excluding hydrogens is 462 g/mol. The van der Waals surface area contributed by atoms with Gasteiger partial charge in [-0.05, 0) is 48.4 Å². The van der Waals surface area contributed by atoms with Crippen molar-refractivity contribution in [2.45, 2.75) is 89.6 Å². The number of aromatic nitrogens is 2. The SMILES string of the molecule is CC(C)c1ccc2c(n1)CCN(C1CN(CC(O)CC(C)c3ccc(CN4CCC(O)CC4)cn3)C1)C2. The molecule has 0 bridgehead atoms. The summed E-state index contributed by atoms with van der Waals surface area (Å²) >= 11 is 0. The molecule has 37 heavy (non-hydrogen) atoms. The van der Waals surface area contributed by atoms with Gasteiger partial charge < -0.3 is 10.2 Å². The summed E-state index contributed by atoms with van der Waals surface area (Å²) in [6, 6.07) is 9.36. The Morgan fingerprint density at radius 2 is 1.73 bits per heavy atom. The average molecular weight is 508 g/mol. The molecule has 202 valence electrons. The minimum Gasteiger partial charge on any atom is -0.393 e. The van der Waals surface area contributed by atoms with Gasteiger partial charge in [-0.2, -0.15) is 0 Å². The van der Waals surface area contributed by atoms with E-state index in [1.54, 1.807) is 0 Å². The van der Waals surface area contributed by atoms with Crippen molar-refractivity contribution in [3.63, 3.8) is 0 Å². The Labute approximate surface area is 222 Å². The fraction of sp³-hybridized carbons (Fsp3) is 0.667. The molecule has 7 nitrogen and oxygen atoms in total. The van der Waals surface area contributed by atoms with Crippen LogP contribution < -0.4 is 0 Å². The van der Waals surface area contributed by atoms with Gasteiger partial charge in [-0.15, -0.1) is 0 Å². The van der Waals surface area contributed by atoms with Crippen molar-refractivity contribution in [1.29, 1.82) is 0 Å². The highest BCUT2D eigenvalue weighted by Crippen LogP contribution is 2.26. The highest BCUT2D eigenvalue weighted by atomic mass is 16.3. The monoisotopic (exact) mass is 507 g/mol. The van der Waals surface area contributed by atoms with Crippen molar-refractivity contribution in [1.82, 2.24) is 24.7 Å². The number of rotatable bonds is 9. The highest BCUT2D eigenvalue weighted by molar-refractivity contribution is 5.27. The minimum atomic E-state index is -0.335. The lowest BCUT2D eigenvalue weighted by molar-refractivity contribution is -0.00476. The van der Waals surface area contributed by atoms with E-state index in [9.17, 15) is 10.2 Å². The first-order valence-electron chi connectivity index (χ1n) is 14.3. The number of fused-ring (bicyclic) bond motifs is 1. The zero-order valence-corrected chi connectivity index (χ0v) is 22.9. The summed E-state index contributed by atoms with van der Waals surface area (Å²) in [5, 5.41) is 20.5. The minimum absolute atomic E-state index is 0.135. The van der Waals surface area contributed by atoms with Crippen LogP contribution in [0.3, 0.4) is 0 Å². The molecular formula is C30H45N5O2. The quantitative estimate of drug-likeness (QED) is 0.540. The van der Waals surface area contributed by atoms with E-state index in [0.29, 0.717) is 12.0 Å². The number of hydrogen-bond acceptors (Lipinski definition) is 7. The van der Waals surface area contributed by atoms with Crippen LogP contribution in [0.4, 0.5) is 0 Å². The molecule has 0 aliphatic carbocycles. The molecule has 0 saturated carbocycles. The van der Waals surface area contributed by atoms with Crippen molar-refractivity contribution in [2.75, 3.05) is 39.3 Å². The second-order valence-corrected chi connectivity index (χ2v) is 12.0. The van der Waals surface area contributed by atoms with Crippen LogP contribution in [0.25, 0.3) is 0 Å². The van der Waals surface area contributed by atoms with Gasteiger partial charge in [0.05, 0.1) is 12.2 Å². The van der Waals surface area contributed by atoms with E-state index in [1.807, 2.05) is 6.20 Å². The molecule has 0 radical (unpaired) electrons. The fourth-order valence-electron chi connectivity index (χ4n) is 6.07. The number of hydrogen-bond donors (Lipinski definition) is 2. The molecule has 2 saturated heterocycles. The van der Waals surface area contributed by atoms with Gasteiger partial charge in [-0.25, -0.2) is 0 Å². The van der Waals surface area contributed by atoms with Gasteiger partial charge in [0, 0.05) is 94.0 Å². The van der Waals surface area contributed by atoms with Crippen LogP contribution in [0.5, 0.6) is 0 Å². The summed E-state index contributed by atoms with van der Waals surface area (Å²) in [6.45, 7) is 14.3. The van der Waals surface area contributed by atoms with E-state index >= 15 is 0 Å². The van der Waals surface area contributed by atoms with Crippen LogP contribution in [0.1, 0.15) is 80.1 Å². The molecule has 5 rings (SSSR count). The van der Waals surface area contributed by atoms with E-state index in [0.717, 1.165) is 83.7 Å². The fourth-order valence-corrected chi connectivity index (χ4v) is 6.07. The zero-order valence-electron chi connectivity index (χ0n) is 22.9. The van der Waals surface area contributed by atoms with E-state index in [2.05, 4.69) is 59.7 Å². The van der Waals surface area contributed by atoms with Gasteiger partial charge in [0.25, 0.3) is 0 Å². The molecule has 2 aromatic heterocycles. The topological polar surface area (TPSA) is 76.0 Å². The third-order valence-electron chi connectivity index (χ3n) is 8.56. The maximum absolute atomic E-state index is 10.8. The summed E-state index contributed by atoms with van der Waals surface area (Å²) in [6.07, 6.45) is 5.01. The molecule has 0 aromatic carbocycles. The Bertz CT molecular complexity index is 1020. The van der Waals surface area contributed by atoms with Crippen molar-refractivity contribution >= 4 is 0 Å². The number of aliphatic hydroxyl groups is 2. The molecule has 7 heteroatoms.